The predicted octanol–water partition coefficient (Wildman–Crippen LogP) is 4.75. The molecule has 172 valence electrons. The molecule has 0 unspecified atom stereocenters. The maximum Gasteiger partial charge on any atom is 0.241 e. The summed E-state index contributed by atoms with van der Waals surface area (Å²) in [5.74, 6) is -0.326. The second kappa shape index (κ2) is 12.2. The lowest BCUT2D eigenvalue weighted by Crippen LogP contribution is -2.18. The lowest BCUT2D eigenvalue weighted by Gasteiger charge is -2.10. The number of aromatic nitrogens is 2. The number of rotatable bonds is 10. The van der Waals surface area contributed by atoms with Crippen molar-refractivity contribution in [2.45, 2.75) is 30.5 Å². The first-order valence-corrected chi connectivity index (χ1v) is 11.6. The van der Waals surface area contributed by atoms with Crippen molar-refractivity contribution in [1.29, 1.82) is 10.8 Å². The third-order valence-electron chi connectivity index (χ3n) is 4.62. The summed E-state index contributed by atoms with van der Waals surface area (Å²) in [7, 11) is 1.67. The van der Waals surface area contributed by atoms with Crippen LogP contribution < -0.4 is 5.32 Å². The second-order valence-corrected chi connectivity index (χ2v) is 9.26. The molecule has 0 fully saturated rings. The van der Waals surface area contributed by atoms with Crippen molar-refractivity contribution < 1.29 is 9.47 Å². The van der Waals surface area contributed by atoms with Crippen molar-refractivity contribution in [3.8, 4) is 11.3 Å². The minimum atomic E-state index is -0.216. The Labute approximate surface area is 199 Å². The molecule has 2 aromatic carbocycles. The summed E-state index contributed by atoms with van der Waals surface area (Å²) in [5.41, 5.74) is 3.52. The molecule has 3 N–H and O–H groups in total. The molecular formula is C25H29N5O2S. The molecule has 0 amide bonds. The highest BCUT2D eigenvalue weighted by Crippen LogP contribution is 2.25. The van der Waals surface area contributed by atoms with E-state index in [4.69, 9.17) is 20.3 Å². The number of ether oxygens (including phenoxy) is 2. The van der Waals surface area contributed by atoms with Crippen LogP contribution in [0.2, 0.25) is 0 Å². The standard InChI is InChI=1S/C25H29N5O2S/c1-17(2)33-21-10-8-19(9-11-21)22-15-29-16-23(30-22)25(27)32-24(26)20-6-4-18(5-7-20)14-28-12-13-31-3/h4-11,15-17,26-28H,12-14H2,1-3H3. The minimum Gasteiger partial charge on any atom is -0.419 e. The highest BCUT2D eigenvalue weighted by molar-refractivity contribution is 7.99. The zero-order chi connectivity index (χ0) is 23.6. The fourth-order valence-electron chi connectivity index (χ4n) is 2.99. The number of methoxy groups -OCH3 is 1. The largest absolute Gasteiger partial charge is 0.419 e. The van der Waals surface area contributed by atoms with Gasteiger partial charge in [-0.15, -0.1) is 11.8 Å². The highest BCUT2D eigenvalue weighted by atomic mass is 32.2. The quantitative estimate of drug-likeness (QED) is 0.174. The van der Waals surface area contributed by atoms with Gasteiger partial charge in [0.25, 0.3) is 0 Å². The topological polar surface area (TPSA) is 104 Å². The maximum absolute atomic E-state index is 8.26. The Morgan fingerprint density at radius 1 is 1.00 bits per heavy atom. The first-order valence-electron chi connectivity index (χ1n) is 10.7. The molecule has 3 aromatic rings. The summed E-state index contributed by atoms with van der Waals surface area (Å²) in [6.45, 7) is 6.47. The molecule has 0 atom stereocenters. The van der Waals surface area contributed by atoms with E-state index in [-0.39, 0.29) is 17.5 Å². The molecule has 33 heavy (non-hydrogen) atoms. The number of nitrogens with zero attached hydrogens (tertiary/aromatic N) is 2. The molecule has 0 aliphatic heterocycles. The molecule has 0 radical (unpaired) electrons. The van der Waals surface area contributed by atoms with E-state index in [0.29, 0.717) is 29.7 Å². The average Bonchev–Trinajstić information content (AvgIpc) is 2.82. The van der Waals surface area contributed by atoms with E-state index < -0.39 is 0 Å². The molecule has 1 heterocycles. The van der Waals surface area contributed by atoms with E-state index >= 15 is 0 Å². The number of thioether (sulfide) groups is 1. The van der Waals surface area contributed by atoms with E-state index in [1.807, 2.05) is 36.4 Å². The maximum atomic E-state index is 8.26. The van der Waals surface area contributed by atoms with Gasteiger partial charge >= 0.3 is 0 Å². The zero-order valence-electron chi connectivity index (χ0n) is 19.1. The number of benzene rings is 2. The normalized spacial score (nSPS) is 10.9. The van der Waals surface area contributed by atoms with Crippen molar-refractivity contribution in [1.82, 2.24) is 15.3 Å². The lowest BCUT2D eigenvalue weighted by atomic mass is 10.1. The van der Waals surface area contributed by atoms with Gasteiger partial charge in [-0.2, -0.15) is 0 Å². The summed E-state index contributed by atoms with van der Waals surface area (Å²) in [6.07, 6.45) is 3.13. The summed E-state index contributed by atoms with van der Waals surface area (Å²) >= 11 is 1.80. The average molecular weight is 464 g/mol. The van der Waals surface area contributed by atoms with Gasteiger partial charge in [0.2, 0.25) is 11.8 Å². The van der Waals surface area contributed by atoms with Crippen LogP contribution in [-0.2, 0) is 16.0 Å². The summed E-state index contributed by atoms with van der Waals surface area (Å²) < 4.78 is 10.5. The SMILES string of the molecule is COCCNCc1ccc(C(=N)OC(=N)c2cncc(-c3ccc(SC(C)C)cc3)n2)cc1. The third-order valence-corrected chi connectivity index (χ3v) is 5.64. The van der Waals surface area contributed by atoms with Crippen LogP contribution in [0, 0.1) is 10.8 Å². The van der Waals surface area contributed by atoms with Gasteiger partial charge in [-0.1, -0.05) is 38.1 Å². The number of hydrogen-bond donors (Lipinski definition) is 3. The Kier molecular flexibility index (Phi) is 9.12. The van der Waals surface area contributed by atoms with Gasteiger partial charge in [0.15, 0.2) is 0 Å². The van der Waals surface area contributed by atoms with Crippen LogP contribution in [0.5, 0.6) is 0 Å². The van der Waals surface area contributed by atoms with Crippen LogP contribution >= 0.6 is 11.8 Å². The van der Waals surface area contributed by atoms with Crippen molar-refractivity contribution in [2.24, 2.45) is 0 Å². The molecule has 0 saturated heterocycles. The molecular weight excluding hydrogens is 434 g/mol. The van der Waals surface area contributed by atoms with Crippen molar-refractivity contribution in [3.05, 3.63) is 77.7 Å². The fraction of sp³-hybridized carbons (Fsp3) is 0.280. The van der Waals surface area contributed by atoms with Crippen LogP contribution in [0.3, 0.4) is 0 Å². The molecule has 0 aliphatic carbocycles. The van der Waals surface area contributed by atoms with E-state index in [2.05, 4.69) is 41.3 Å². The van der Waals surface area contributed by atoms with Gasteiger partial charge < -0.3 is 14.8 Å². The third kappa shape index (κ3) is 7.49. The molecule has 0 saturated carbocycles. The Bertz CT molecular complexity index is 1070. The second-order valence-electron chi connectivity index (χ2n) is 7.61. The van der Waals surface area contributed by atoms with Crippen molar-refractivity contribution in [2.75, 3.05) is 20.3 Å². The molecule has 8 heteroatoms. The first-order chi connectivity index (χ1) is 16.0. The molecule has 1 aromatic heterocycles. The van der Waals surface area contributed by atoms with E-state index in [9.17, 15) is 0 Å². The first kappa shape index (κ1) is 24.6. The highest BCUT2D eigenvalue weighted by Gasteiger charge is 2.12. The number of nitrogens with one attached hydrogen (secondary N) is 3. The van der Waals surface area contributed by atoms with Crippen molar-refractivity contribution in [3.63, 3.8) is 0 Å². The van der Waals surface area contributed by atoms with Crippen LogP contribution in [0.1, 0.15) is 30.7 Å². The molecule has 7 nitrogen and oxygen atoms in total. The van der Waals surface area contributed by atoms with Gasteiger partial charge in [-0.05, 0) is 29.8 Å². The fourth-order valence-corrected chi connectivity index (χ4v) is 3.82. The minimum absolute atomic E-state index is 0.110. The van der Waals surface area contributed by atoms with E-state index in [0.717, 1.165) is 17.7 Å². The number of hydrogen-bond acceptors (Lipinski definition) is 8. The Hall–Kier alpha value is -3.07. The molecule has 0 bridgehead atoms. The molecule has 3 rings (SSSR count). The van der Waals surface area contributed by atoms with Crippen LogP contribution in [0.4, 0.5) is 0 Å². The predicted molar refractivity (Wildman–Crippen MR) is 133 cm³/mol. The van der Waals surface area contributed by atoms with Crippen LogP contribution in [-0.4, -0.2) is 47.3 Å². The zero-order valence-corrected chi connectivity index (χ0v) is 19.9. The summed E-state index contributed by atoms with van der Waals surface area (Å²) in [4.78, 5) is 9.91. The monoisotopic (exact) mass is 463 g/mol. The van der Waals surface area contributed by atoms with Crippen molar-refractivity contribution >= 4 is 23.6 Å². The Morgan fingerprint density at radius 3 is 2.39 bits per heavy atom. The molecule has 0 aliphatic rings. The van der Waals surface area contributed by atoms with Gasteiger partial charge in [-0.3, -0.25) is 15.8 Å². The van der Waals surface area contributed by atoms with Gasteiger partial charge in [-0.25, -0.2) is 4.98 Å². The van der Waals surface area contributed by atoms with Gasteiger partial charge in [0.1, 0.15) is 5.69 Å². The summed E-state index contributed by atoms with van der Waals surface area (Å²) in [6, 6.07) is 15.6. The van der Waals surface area contributed by atoms with Crippen LogP contribution in [0.25, 0.3) is 11.3 Å². The van der Waals surface area contributed by atoms with Gasteiger partial charge in [0, 0.05) is 41.5 Å². The van der Waals surface area contributed by atoms with E-state index in [1.165, 1.54) is 11.1 Å². The lowest BCUT2D eigenvalue weighted by molar-refractivity contribution is 0.199. The Morgan fingerprint density at radius 2 is 1.73 bits per heavy atom. The molecule has 0 spiro atoms. The smallest absolute Gasteiger partial charge is 0.241 e. The van der Waals surface area contributed by atoms with E-state index in [1.54, 1.807) is 25.1 Å². The van der Waals surface area contributed by atoms with Gasteiger partial charge in [0.05, 0.1) is 24.7 Å². The van der Waals surface area contributed by atoms with Crippen LogP contribution in [0.15, 0.2) is 65.8 Å². The Balaban J connectivity index is 1.61. The summed E-state index contributed by atoms with van der Waals surface area (Å²) in [5, 5.41) is 20.3.